The van der Waals surface area contributed by atoms with Crippen molar-refractivity contribution in [1.82, 2.24) is 37.2 Å². The summed E-state index contributed by atoms with van der Waals surface area (Å²) in [7, 11) is 0. The van der Waals surface area contributed by atoms with Crippen LogP contribution in [0.5, 0.6) is 0 Å². The summed E-state index contributed by atoms with van der Waals surface area (Å²) in [6.07, 6.45) is 11.8. The molecule has 0 rings (SSSR count). The standard InChI is InChI=1S/C89H175N7O12/c1-35-86(31,56-68(97)91-49-41-83(25,26)106-53-44-78(15,16)70(99)93-48-39-40-82(23,24)105-52-46-80(19,20)72(101)95-60-76(11,12)58-74(5,6)7)64-103-66-88(33,37-3)62-90-63-89(34,38-4)67-104-65-87(32,36-2)57-69(98)92-50-42-84(27,28)107-54-45-79(17,18)71(100)94-51-43-85(29,30)108-55-47-81(21,22)73(102)96-61-77(13,14)59-75(8,9)10/h90H,35-67H2,1-34H3,(H,91,97)(H,92,98)(H,93,99)(H,94,100)(H,95,101)(H,96,102). The van der Waals surface area contributed by atoms with Crippen molar-refractivity contribution in [3.63, 3.8) is 0 Å². The second-order valence-corrected chi connectivity index (χ2v) is 43.3. The second-order valence-electron chi connectivity index (χ2n) is 43.3. The van der Waals surface area contributed by atoms with Crippen molar-refractivity contribution in [2.24, 2.45) is 65.0 Å². The van der Waals surface area contributed by atoms with E-state index < -0.39 is 44.1 Å². The minimum atomic E-state index is -0.654. The first-order chi connectivity index (χ1) is 48.8. The highest BCUT2D eigenvalue weighted by Crippen LogP contribution is 2.37. The van der Waals surface area contributed by atoms with Gasteiger partial charge >= 0.3 is 0 Å². The number of nitrogens with one attached hydrogen (secondary N) is 7. The molecule has 108 heavy (non-hydrogen) atoms. The summed E-state index contributed by atoms with van der Waals surface area (Å²) in [5.74, 6) is 0.0150. The van der Waals surface area contributed by atoms with Crippen LogP contribution in [-0.2, 0) is 57.2 Å². The summed E-state index contributed by atoms with van der Waals surface area (Å²) < 4.78 is 38.2. The van der Waals surface area contributed by atoms with E-state index in [9.17, 15) is 28.8 Å². The van der Waals surface area contributed by atoms with Crippen molar-refractivity contribution in [2.75, 3.05) is 105 Å². The molecule has 0 aromatic carbocycles. The van der Waals surface area contributed by atoms with Gasteiger partial charge in [-0.3, -0.25) is 28.8 Å². The second kappa shape index (κ2) is 44.4. The molecule has 0 aromatic rings. The molecule has 0 aliphatic heterocycles. The van der Waals surface area contributed by atoms with Gasteiger partial charge in [0.15, 0.2) is 0 Å². The molecule has 0 radical (unpaired) electrons. The van der Waals surface area contributed by atoms with Crippen molar-refractivity contribution in [3.8, 4) is 0 Å². The quantitative estimate of drug-likeness (QED) is 0.0281. The van der Waals surface area contributed by atoms with Crippen LogP contribution in [0.2, 0.25) is 0 Å². The van der Waals surface area contributed by atoms with Gasteiger partial charge < -0.3 is 65.6 Å². The molecule has 4 atom stereocenters. The highest BCUT2D eigenvalue weighted by atomic mass is 16.5. The normalized spacial score (nSPS) is 15.8. The maximum Gasteiger partial charge on any atom is 0.225 e. The fraction of sp³-hybridized carbons (Fsp3) is 0.933. The van der Waals surface area contributed by atoms with Crippen molar-refractivity contribution < 1.29 is 57.2 Å². The molecule has 19 nitrogen and oxygen atoms in total. The first-order valence-electron chi connectivity index (χ1n) is 41.9. The number of ether oxygens (including phenoxy) is 6. The monoisotopic (exact) mass is 1530 g/mol. The van der Waals surface area contributed by atoms with Crippen molar-refractivity contribution in [3.05, 3.63) is 0 Å². The summed E-state index contributed by atoms with van der Waals surface area (Å²) in [5.41, 5.74) is -4.86. The first kappa shape index (κ1) is 105. The summed E-state index contributed by atoms with van der Waals surface area (Å²) >= 11 is 0. The van der Waals surface area contributed by atoms with Gasteiger partial charge in [0.2, 0.25) is 35.4 Å². The maximum atomic E-state index is 13.4. The smallest absolute Gasteiger partial charge is 0.225 e. The van der Waals surface area contributed by atoms with Gasteiger partial charge in [0, 0.05) is 124 Å². The summed E-state index contributed by atoms with van der Waals surface area (Å²) in [4.78, 5) is 80.0. The fourth-order valence-electron chi connectivity index (χ4n) is 13.6. The Morgan fingerprint density at radius 2 is 0.528 bits per heavy atom. The van der Waals surface area contributed by atoms with E-state index in [1.54, 1.807) is 0 Å². The molecule has 638 valence electrons. The fourth-order valence-corrected chi connectivity index (χ4v) is 13.6. The zero-order valence-electron chi connectivity index (χ0n) is 76.7. The van der Waals surface area contributed by atoms with Crippen LogP contribution >= 0.6 is 0 Å². The lowest BCUT2D eigenvalue weighted by atomic mass is 9.76. The van der Waals surface area contributed by atoms with E-state index in [4.69, 9.17) is 28.4 Å². The van der Waals surface area contributed by atoms with Crippen LogP contribution in [0.15, 0.2) is 0 Å². The van der Waals surface area contributed by atoms with E-state index in [1.807, 2.05) is 96.9 Å². The molecule has 6 amide bonds. The van der Waals surface area contributed by atoms with Crippen molar-refractivity contribution in [2.45, 2.75) is 367 Å². The Balaban J connectivity index is 4.89. The summed E-state index contributed by atoms with van der Waals surface area (Å²) in [6, 6.07) is 0. The molecule has 0 aliphatic carbocycles. The van der Waals surface area contributed by atoms with Crippen molar-refractivity contribution in [1.29, 1.82) is 0 Å². The SMILES string of the molecule is CCC(C)(CNCC(C)(CC)COCC(C)(CC)CC(=O)NCCC(C)(C)OCCC(C)(C)C(=O)NCCC(C)(C)OCCC(C)(C)C(=O)NCC(C)(C)CC(C)(C)C)COCC(C)(CC)CC(=O)NCCC(C)(C)OCCC(C)(C)C(=O)NCCCC(C)(C)OCCC(C)(C)C(=O)NCC(C)(C)CC(C)(C)C. The molecule has 0 aromatic heterocycles. The molecule has 7 N–H and O–H groups in total. The summed E-state index contributed by atoms with van der Waals surface area (Å²) in [6.45, 7) is 80.0. The molecule has 19 heteroatoms. The highest BCUT2D eigenvalue weighted by Gasteiger charge is 2.38. The minimum absolute atomic E-state index is 0.00440. The van der Waals surface area contributed by atoms with Gasteiger partial charge in [0.1, 0.15) is 0 Å². The van der Waals surface area contributed by atoms with E-state index in [2.05, 4.69) is 176 Å². The first-order valence-corrected chi connectivity index (χ1v) is 41.9. The van der Waals surface area contributed by atoms with Gasteiger partial charge in [0.25, 0.3) is 0 Å². The molecule has 0 heterocycles. The number of carbonyl (C=O) groups is 6. The molecular weight excluding hydrogens is 1360 g/mol. The third-order valence-electron chi connectivity index (χ3n) is 22.7. The minimum Gasteiger partial charge on any atom is -0.380 e. The molecule has 0 bridgehead atoms. The largest absolute Gasteiger partial charge is 0.380 e. The van der Waals surface area contributed by atoms with Crippen LogP contribution in [0.3, 0.4) is 0 Å². The highest BCUT2D eigenvalue weighted by molar-refractivity contribution is 5.83. The Bertz CT molecular complexity index is 2670. The number of rotatable bonds is 59. The van der Waals surface area contributed by atoms with Crippen molar-refractivity contribution >= 4 is 35.4 Å². The number of hydrogen-bond acceptors (Lipinski definition) is 13. The zero-order valence-corrected chi connectivity index (χ0v) is 76.7. The van der Waals surface area contributed by atoms with E-state index in [-0.39, 0.29) is 78.8 Å². The lowest BCUT2D eigenvalue weighted by Crippen LogP contribution is -2.43. The Labute approximate surface area is 663 Å². The van der Waals surface area contributed by atoms with E-state index in [0.29, 0.717) is 150 Å². The van der Waals surface area contributed by atoms with Crippen LogP contribution in [0.25, 0.3) is 0 Å². The van der Waals surface area contributed by atoms with E-state index in [1.165, 1.54) is 0 Å². The Morgan fingerprint density at radius 3 is 0.806 bits per heavy atom. The number of hydrogen-bond donors (Lipinski definition) is 7. The molecule has 0 spiro atoms. The number of amides is 6. The molecule has 0 saturated heterocycles. The molecule has 0 aliphatic rings. The lowest BCUT2D eigenvalue weighted by Gasteiger charge is -2.35. The van der Waals surface area contributed by atoms with Gasteiger partial charge in [-0.25, -0.2) is 0 Å². The topological polar surface area (TPSA) is 242 Å². The Hall–Kier alpha value is -3.46. The lowest BCUT2D eigenvalue weighted by molar-refractivity contribution is -0.133. The van der Waals surface area contributed by atoms with Gasteiger partial charge in [0.05, 0.1) is 48.8 Å². The van der Waals surface area contributed by atoms with Crippen LogP contribution < -0.4 is 37.2 Å². The van der Waals surface area contributed by atoms with Crippen LogP contribution in [-0.4, -0.2) is 163 Å². The van der Waals surface area contributed by atoms with Gasteiger partial charge in [-0.05, 0) is 184 Å². The Morgan fingerprint density at radius 1 is 0.278 bits per heavy atom. The van der Waals surface area contributed by atoms with Crippen LogP contribution in [0, 0.1) is 65.0 Å². The maximum absolute atomic E-state index is 13.4. The molecular formula is C89H175N7O12. The van der Waals surface area contributed by atoms with Crippen LogP contribution in [0.1, 0.15) is 345 Å². The average molecular weight is 1540 g/mol. The van der Waals surface area contributed by atoms with Gasteiger partial charge in [-0.15, -0.1) is 0 Å². The number of carbonyl (C=O) groups excluding carboxylic acids is 6. The third kappa shape index (κ3) is 46.0. The predicted octanol–water partition coefficient (Wildman–Crippen LogP) is 17.5. The third-order valence-corrected chi connectivity index (χ3v) is 22.7. The summed E-state index contributed by atoms with van der Waals surface area (Å²) in [5, 5.41) is 22.7. The Kier molecular flexibility index (Phi) is 43.0. The molecule has 0 saturated carbocycles. The van der Waals surface area contributed by atoms with Gasteiger partial charge in [-0.2, -0.15) is 0 Å². The predicted molar refractivity (Wildman–Crippen MR) is 448 cm³/mol. The average Bonchev–Trinajstić information content (AvgIpc) is 1.03. The van der Waals surface area contributed by atoms with Crippen LogP contribution in [0.4, 0.5) is 0 Å². The van der Waals surface area contributed by atoms with E-state index in [0.717, 1.165) is 64.5 Å². The zero-order chi connectivity index (χ0) is 84.0. The van der Waals surface area contributed by atoms with Gasteiger partial charge in [-0.1, -0.05) is 180 Å². The van der Waals surface area contributed by atoms with E-state index >= 15 is 0 Å². The molecule has 4 unspecified atom stereocenters. The molecule has 0 fully saturated rings.